The van der Waals surface area contributed by atoms with Gasteiger partial charge in [-0.3, -0.25) is 14.4 Å². The molecule has 2 unspecified atom stereocenters. The number of nitrogens with one attached hydrogen (secondary N) is 2. The van der Waals surface area contributed by atoms with Gasteiger partial charge in [0.05, 0.1) is 12.1 Å². The van der Waals surface area contributed by atoms with E-state index in [9.17, 15) is 14.4 Å². The Morgan fingerprint density at radius 1 is 1.20 bits per heavy atom. The van der Waals surface area contributed by atoms with Crippen LogP contribution in [0.25, 0.3) is 0 Å². The standard InChI is InChI=1S/C17H24N4O4/c1-3-14(17(24)25)11(2)20-15(22)8-9-16(23)21-13-6-4-12(5-7-13)10-19-18/h4-7,10-11,14H,3,8-9,18H2,1-2H3,(H,20,22)(H,21,23)(H,24,25). The molecule has 0 saturated heterocycles. The highest BCUT2D eigenvalue weighted by atomic mass is 16.4. The van der Waals surface area contributed by atoms with Gasteiger partial charge in [-0.05, 0) is 31.0 Å². The first-order valence-corrected chi connectivity index (χ1v) is 8.02. The molecule has 0 aromatic heterocycles. The second-order valence-electron chi connectivity index (χ2n) is 5.66. The van der Waals surface area contributed by atoms with Crippen molar-refractivity contribution in [2.24, 2.45) is 16.9 Å². The minimum absolute atomic E-state index is 0.00836. The Morgan fingerprint density at radius 3 is 2.32 bits per heavy atom. The quantitative estimate of drug-likeness (QED) is 0.303. The van der Waals surface area contributed by atoms with Crippen LogP contribution in [0.4, 0.5) is 5.69 Å². The number of rotatable bonds is 9. The number of nitrogens with two attached hydrogens (primary N) is 1. The first kappa shape index (κ1) is 20.1. The first-order valence-electron chi connectivity index (χ1n) is 8.02. The molecule has 25 heavy (non-hydrogen) atoms. The molecule has 0 heterocycles. The number of benzene rings is 1. The molecule has 1 aromatic rings. The summed E-state index contributed by atoms with van der Waals surface area (Å²) in [6.07, 6.45) is 1.90. The van der Waals surface area contributed by atoms with Crippen molar-refractivity contribution in [2.75, 3.05) is 5.32 Å². The largest absolute Gasteiger partial charge is 0.481 e. The van der Waals surface area contributed by atoms with Gasteiger partial charge in [-0.15, -0.1) is 0 Å². The van der Waals surface area contributed by atoms with Crippen LogP contribution in [0, 0.1) is 5.92 Å². The van der Waals surface area contributed by atoms with E-state index in [1.165, 1.54) is 6.21 Å². The van der Waals surface area contributed by atoms with Crippen LogP contribution in [0.5, 0.6) is 0 Å². The summed E-state index contributed by atoms with van der Waals surface area (Å²) in [6, 6.07) is 6.41. The third-order valence-electron chi connectivity index (χ3n) is 3.75. The Labute approximate surface area is 146 Å². The maximum absolute atomic E-state index is 11.9. The van der Waals surface area contributed by atoms with Gasteiger partial charge in [0, 0.05) is 24.6 Å². The van der Waals surface area contributed by atoms with E-state index in [0.717, 1.165) is 5.56 Å². The van der Waals surface area contributed by atoms with Crippen molar-refractivity contribution in [3.63, 3.8) is 0 Å². The number of nitrogens with zero attached hydrogens (tertiary/aromatic N) is 1. The second kappa shape index (κ2) is 10.1. The number of hydrogen-bond donors (Lipinski definition) is 4. The first-order chi connectivity index (χ1) is 11.9. The lowest BCUT2D eigenvalue weighted by Gasteiger charge is -2.20. The summed E-state index contributed by atoms with van der Waals surface area (Å²) in [7, 11) is 0. The SMILES string of the molecule is CCC(C(=O)O)C(C)NC(=O)CCC(=O)Nc1ccc(C=NN)cc1. The normalized spacial score (nSPS) is 13.2. The Kier molecular flexibility index (Phi) is 8.11. The lowest BCUT2D eigenvalue weighted by atomic mass is 9.98. The zero-order valence-electron chi connectivity index (χ0n) is 14.4. The summed E-state index contributed by atoms with van der Waals surface area (Å²) < 4.78 is 0. The van der Waals surface area contributed by atoms with Gasteiger partial charge < -0.3 is 21.6 Å². The minimum atomic E-state index is -0.948. The Bertz CT molecular complexity index is 628. The predicted molar refractivity (Wildman–Crippen MR) is 95.1 cm³/mol. The number of carbonyl (C=O) groups is 3. The molecule has 0 fully saturated rings. The van der Waals surface area contributed by atoms with Crippen LogP contribution in [-0.4, -0.2) is 35.1 Å². The Morgan fingerprint density at radius 2 is 1.80 bits per heavy atom. The smallest absolute Gasteiger partial charge is 0.308 e. The number of hydrazone groups is 1. The fourth-order valence-corrected chi connectivity index (χ4v) is 2.36. The molecular weight excluding hydrogens is 324 g/mol. The van der Waals surface area contributed by atoms with E-state index in [2.05, 4.69) is 15.7 Å². The van der Waals surface area contributed by atoms with Crippen molar-refractivity contribution in [1.29, 1.82) is 0 Å². The van der Waals surface area contributed by atoms with Crippen LogP contribution in [0.1, 0.15) is 38.7 Å². The molecule has 0 aliphatic heterocycles. The monoisotopic (exact) mass is 348 g/mol. The van der Waals surface area contributed by atoms with E-state index in [1.807, 2.05) is 0 Å². The average molecular weight is 348 g/mol. The van der Waals surface area contributed by atoms with Crippen LogP contribution < -0.4 is 16.5 Å². The summed E-state index contributed by atoms with van der Waals surface area (Å²) in [5.41, 5.74) is 1.41. The highest BCUT2D eigenvalue weighted by Gasteiger charge is 2.24. The van der Waals surface area contributed by atoms with E-state index in [-0.39, 0.29) is 24.7 Å². The molecule has 8 heteroatoms. The number of carboxylic acids is 1. The summed E-state index contributed by atoms with van der Waals surface area (Å²) in [5.74, 6) is 2.81. The molecule has 0 bridgehead atoms. The van der Waals surface area contributed by atoms with Crippen molar-refractivity contribution in [3.05, 3.63) is 29.8 Å². The van der Waals surface area contributed by atoms with Crippen molar-refractivity contribution in [1.82, 2.24) is 5.32 Å². The second-order valence-corrected chi connectivity index (χ2v) is 5.66. The summed E-state index contributed by atoms with van der Waals surface area (Å²) in [5, 5.41) is 17.8. The highest BCUT2D eigenvalue weighted by molar-refractivity contribution is 5.93. The van der Waals surface area contributed by atoms with Crippen molar-refractivity contribution in [3.8, 4) is 0 Å². The molecule has 0 aliphatic carbocycles. The summed E-state index contributed by atoms with van der Waals surface area (Å²) in [4.78, 5) is 34.8. The van der Waals surface area contributed by atoms with Crippen molar-refractivity contribution < 1.29 is 19.5 Å². The lowest BCUT2D eigenvalue weighted by molar-refractivity contribution is -0.143. The molecule has 2 amide bonds. The van der Waals surface area contributed by atoms with Crippen molar-refractivity contribution in [2.45, 2.75) is 39.2 Å². The Balaban J connectivity index is 2.42. The van der Waals surface area contributed by atoms with E-state index >= 15 is 0 Å². The topological polar surface area (TPSA) is 134 Å². The maximum Gasteiger partial charge on any atom is 0.308 e. The van der Waals surface area contributed by atoms with Gasteiger partial charge >= 0.3 is 5.97 Å². The molecular formula is C17H24N4O4. The molecule has 0 spiro atoms. The molecule has 136 valence electrons. The zero-order chi connectivity index (χ0) is 18.8. The van der Waals surface area contributed by atoms with Crippen molar-refractivity contribution >= 4 is 29.7 Å². The lowest BCUT2D eigenvalue weighted by Crippen LogP contribution is -2.41. The third kappa shape index (κ3) is 7.03. The van der Waals surface area contributed by atoms with Gasteiger partial charge in [0.1, 0.15) is 0 Å². The Hall–Kier alpha value is -2.90. The molecule has 1 rings (SSSR count). The molecule has 1 aromatic carbocycles. The van der Waals surface area contributed by atoms with Crippen LogP contribution in [-0.2, 0) is 14.4 Å². The van der Waals surface area contributed by atoms with Crippen LogP contribution in [0.2, 0.25) is 0 Å². The highest BCUT2D eigenvalue weighted by Crippen LogP contribution is 2.11. The van der Waals surface area contributed by atoms with Gasteiger partial charge in [0.15, 0.2) is 0 Å². The summed E-state index contributed by atoms with van der Waals surface area (Å²) >= 11 is 0. The van der Waals surface area contributed by atoms with E-state index in [1.54, 1.807) is 38.1 Å². The van der Waals surface area contributed by atoms with Gasteiger partial charge in [-0.2, -0.15) is 5.10 Å². The predicted octanol–water partition coefficient (Wildman–Crippen LogP) is 1.31. The van der Waals surface area contributed by atoms with Gasteiger partial charge in [-0.1, -0.05) is 19.1 Å². The van der Waals surface area contributed by atoms with E-state index in [4.69, 9.17) is 10.9 Å². The molecule has 8 nitrogen and oxygen atoms in total. The molecule has 5 N–H and O–H groups in total. The molecule has 0 radical (unpaired) electrons. The average Bonchev–Trinajstić information content (AvgIpc) is 2.55. The molecule has 0 saturated carbocycles. The third-order valence-corrected chi connectivity index (χ3v) is 3.75. The number of carbonyl (C=O) groups excluding carboxylic acids is 2. The number of amides is 2. The number of anilines is 1. The van der Waals surface area contributed by atoms with Crippen LogP contribution >= 0.6 is 0 Å². The van der Waals surface area contributed by atoms with E-state index in [0.29, 0.717) is 12.1 Å². The van der Waals surface area contributed by atoms with Gasteiger partial charge in [0.2, 0.25) is 11.8 Å². The number of aliphatic carboxylic acids is 1. The maximum atomic E-state index is 11.9. The van der Waals surface area contributed by atoms with Crippen LogP contribution in [0.15, 0.2) is 29.4 Å². The van der Waals surface area contributed by atoms with Crippen LogP contribution in [0.3, 0.4) is 0 Å². The molecule has 2 atom stereocenters. The van der Waals surface area contributed by atoms with Gasteiger partial charge in [-0.25, -0.2) is 0 Å². The fraction of sp³-hybridized carbons (Fsp3) is 0.412. The van der Waals surface area contributed by atoms with Gasteiger partial charge in [0.25, 0.3) is 0 Å². The molecule has 0 aliphatic rings. The minimum Gasteiger partial charge on any atom is -0.481 e. The zero-order valence-corrected chi connectivity index (χ0v) is 14.4. The number of carboxylic acid groups (broad SMARTS) is 1. The van der Waals surface area contributed by atoms with E-state index < -0.39 is 17.9 Å². The number of hydrogen-bond acceptors (Lipinski definition) is 5. The summed E-state index contributed by atoms with van der Waals surface area (Å²) in [6.45, 7) is 3.39. The fourth-order valence-electron chi connectivity index (χ4n) is 2.36.